The lowest BCUT2D eigenvalue weighted by Crippen LogP contribution is -2.36. The lowest BCUT2D eigenvalue weighted by atomic mass is 10.3. The maximum absolute atomic E-state index is 14.8. The van der Waals surface area contributed by atoms with E-state index in [9.17, 15) is 13.8 Å². The molecule has 0 radical (unpaired) electrons. The molecule has 0 aliphatic carbocycles. The van der Waals surface area contributed by atoms with Crippen LogP contribution in [0.5, 0.6) is 5.75 Å². The Bertz CT molecular complexity index is 1310. The highest BCUT2D eigenvalue weighted by atomic mass is 31.2. The quantitative estimate of drug-likeness (QED) is 0.199. The van der Waals surface area contributed by atoms with Gasteiger partial charge in [0.2, 0.25) is 0 Å². The number of hydrogen-bond acceptors (Lipinski definition) is 10. The summed E-state index contributed by atoms with van der Waals surface area (Å²) in [5.41, 5.74) is 6.37. The number of aromatic nitrogens is 4. The molecule has 3 N–H and O–H groups in total. The molecule has 4 atom stereocenters. The van der Waals surface area contributed by atoms with Crippen LogP contribution in [0.4, 0.5) is 10.2 Å². The highest BCUT2D eigenvalue weighted by molar-refractivity contribution is 7.57. The summed E-state index contributed by atoms with van der Waals surface area (Å²) in [6.07, 6.45) is 2.27. The fourth-order valence-electron chi connectivity index (χ4n) is 3.47. The van der Waals surface area contributed by atoms with Crippen molar-refractivity contribution in [3.05, 3.63) is 54.9 Å². The number of carbonyl (C=O) groups excluding carboxylic acids is 1. The Hall–Kier alpha value is -3.38. The zero-order valence-electron chi connectivity index (χ0n) is 20.3. The third-order valence-corrected chi connectivity index (χ3v) is 7.10. The number of carbonyl (C=O) groups is 1. The molecular weight excluding hydrogens is 506 g/mol. The number of fused-ring (bicyclic) bond motifs is 1. The van der Waals surface area contributed by atoms with Crippen LogP contribution < -0.4 is 15.3 Å². The summed E-state index contributed by atoms with van der Waals surface area (Å²) in [6, 6.07) is 7.45. The van der Waals surface area contributed by atoms with Crippen LogP contribution in [0.25, 0.3) is 11.2 Å². The second-order valence-corrected chi connectivity index (χ2v) is 10.3. The molecule has 2 aromatic heterocycles. The number of esters is 1. The SMILES string of the molecule is CCCCOC(=O)[C@H](C)NP(=O)(CO[C@@H]1C=C(F)[C@H](n2cnc3c(N)ncnc32)O1)Oc1ccccc1. The van der Waals surface area contributed by atoms with E-state index in [0.29, 0.717) is 17.7 Å². The molecule has 0 spiro atoms. The van der Waals surface area contributed by atoms with Crippen molar-refractivity contribution >= 4 is 30.5 Å². The Morgan fingerprint density at radius 3 is 2.84 bits per heavy atom. The number of nitrogens with two attached hydrogens (primary N) is 1. The van der Waals surface area contributed by atoms with Gasteiger partial charge in [0.15, 0.2) is 36.2 Å². The average Bonchev–Trinajstić information content (AvgIpc) is 3.47. The van der Waals surface area contributed by atoms with E-state index in [1.54, 1.807) is 30.3 Å². The Balaban J connectivity index is 1.45. The van der Waals surface area contributed by atoms with Crippen molar-refractivity contribution in [2.45, 2.75) is 45.2 Å². The zero-order valence-corrected chi connectivity index (χ0v) is 21.2. The molecule has 1 aliphatic rings. The number of unbranched alkanes of at least 4 members (excludes halogenated alkanes) is 1. The first-order chi connectivity index (χ1) is 17.8. The Kier molecular flexibility index (Phi) is 8.49. The summed E-state index contributed by atoms with van der Waals surface area (Å²) < 4.78 is 52.1. The summed E-state index contributed by atoms with van der Waals surface area (Å²) in [5.74, 6) is -0.809. The van der Waals surface area contributed by atoms with Gasteiger partial charge >= 0.3 is 13.5 Å². The lowest BCUT2D eigenvalue weighted by molar-refractivity contribution is -0.145. The van der Waals surface area contributed by atoms with E-state index in [2.05, 4.69) is 20.0 Å². The number of ether oxygens (including phenoxy) is 3. The minimum atomic E-state index is -3.85. The highest BCUT2D eigenvalue weighted by Gasteiger charge is 2.36. The first-order valence-corrected chi connectivity index (χ1v) is 13.5. The second-order valence-electron chi connectivity index (χ2n) is 8.24. The van der Waals surface area contributed by atoms with Crippen molar-refractivity contribution in [1.29, 1.82) is 0 Å². The lowest BCUT2D eigenvalue weighted by Gasteiger charge is -2.24. The number of hydrogen-bond donors (Lipinski definition) is 2. The summed E-state index contributed by atoms with van der Waals surface area (Å²) in [4.78, 5) is 24.4. The molecule has 14 heteroatoms. The molecule has 4 rings (SSSR count). The molecule has 1 aliphatic heterocycles. The van der Waals surface area contributed by atoms with Crippen LogP contribution in [0.3, 0.4) is 0 Å². The first-order valence-electron chi connectivity index (χ1n) is 11.6. The number of benzene rings is 1. The van der Waals surface area contributed by atoms with Gasteiger partial charge in [0, 0.05) is 6.08 Å². The van der Waals surface area contributed by atoms with Crippen molar-refractivity contribution in [3.63, 3.8) is 0 Å². The summed E-state index contributed by atoms with van der Waals surface area (Å²) >= 11 is 0. The maximum atomic E-state index is 14.8. The molecule has 1 unspecified atom stereocenters. The Morgan fingerprint density at radius 2 is 2.08 bits per heavy atom. The Morgan fingerprint density at radius 1 is 1.30 bits per heavy atom. The first kappa shape index (κ1) is 26.7. The molecular formula is C23H28FN6O6P. The van der Waals surface area contributed by atoms with Gasteiger partial charge < -0.3 is 24.5 Å². The van der Waals surface area contributed by atoms with Crippen LogP contribution in [0.2, 0.25) is 0 Å². The van der Waals surface area contributed by atoms with E-state index < -0.39 is 44.2 Å². The van der Waals surface area contributed by atoms with E-state index in [1.165, 1.54) is 24.1 Å². The van der Waals surface area contributed by atoms with Crippen LogP contribution in [0.15, 0.2) is 54.9 Å². The third kappa shape index (κ3) is 6.50. The van der Waals surface area contributed by atoms with Crippen molar-refractivity contribution in [3.8, 4) is 5.75 Å². The molecule has 1 aromatic carbocycles. The van der Waals surface area contributed by atoms with E-state index in [0.717, 1.165) is 12.5 Å². The van der Waals surface area contributed by atoms with Crippen LogP contribution in [-0.2, 0) is 23.6 Å². The molecule has 0 saturated heterocycles. The molecule has 0 saturated carbocycles. The smallest absolute Gasteiger partial charge is 0.342 e. The van der Waals surface area contributed by atoms with Gasteiger partial charge in [0.05, 0.1) is 12.9 Å². The van der Waals surface area contributed by atoms with Crippen molar-refractivity contribution < 1.29 is 32.5 Å². The number of imidazole rings is 1. The minimum absolute atomic E-state index is 0.145. The van der Waals surface area contributed by atoms with Crippen LogP contribution in [0.1, 0.15) is 32.9 Å². The number of nitrogens with zero attached hydrogens (tertiary/aromatic N) is 4. The van der Waals surface area contributed by atoms with E-state index >= 15 is 0 Å². The molecule has 0 fully saturated rings. The van der Waals surface area contributed by atoms with Gasteiger partial charge in [-0.3, -0.25) is 13.9 Å². The predicted molar refractivity (Wildman–Crippen MR) is 132 cm³/mol. The van der Waals surface area contributed by atoms with Gasteiger partial charge in [-0.15, -0.1) is 0 Å². The van der Waals surface area contributed by atoms with Crippen LogP contribution in [0, 0.1) is 0 Å². The predicted octanol–water partition coefficient (Wildman–Crippen LogP) is 3.68. The minimum Gasteiger partial charge on any atom is -0.465 e. The fraction of sp³-hybridized carbons (Fsp3) is 0.391. The number of halogens is 1. The van der Waals surface area contributed by atoms with E-state index in [4.69, 9.17) is 24.5 Å². The van der Waals surface area contributed by atoms with Gasteiger partial charge in [-0.1, -0.05) is 31.5 Å². The zero-order chi connectivity index (χ0) is 26.4. The number of nitrogen functional groups attached to an aromatic ring is 1. The van der Waals surface area contributed by atoms with Crippen molar-refractivity contribution in [2.24, 2.45) is 0 Å². The topological polar surface area (TPSA) is 153 Å². The summed E-state index contributed by atoms with van der Waals surface area (Å²) in [7, 11) is -3.85. The number of para-hydroxylation sites is 1. The van der Waals surface area contributed by atoms with Crippen molar-refractivity contribution in [2.75, 3.05) is 18.7 Å². The number of anilines is 1. The monoisotopic (exact) mass is 534 g/mol. The van der Waals surface area contributed by atoms with Crippen LogP contribution >= 0.6 is 7.52 Å². The summed E-state index contributed by atoms with van der Waals surface area (Å²) in [5, 5.41) is 2.69. The standard InChI is InChI=1S/C23H28FN6O6P/c1-3-4-10-33-23(31)15(2)29-37(32,36-16-8-6-5-7-9-16)14-34-18-11-17(24)22(35-18)30-13-28-19-20(25)26-12-27-21(19)30/h5-9,11-13,15,18,22H,3-4,10,14H2,1-2H3,(H,29,32)(H2,25,26,27)/t15-,18-,22+,37?/m0/s1. The molecule has 0 bridgehead atoms. The maximum Gasteiger partial charge on any atom is 0.342 e. The summed E-state index contributed by atoms with van der Waals surface area (Å²) in [6.45, 7) is 3.73. The van der Waals surface area contributed by atoms with Crippen molar-refractivity contribution in [1.82, 2.24) is 24.6 Å². The fourth-order valence-corrected chi connectivity index (χ4v) is 5.16. The van der Waals surface area contributed by atoms with Gasteiger partial charge in [-0.25, -0.2) is 24.4 Å². The van der Waals surface area contributed by atoms with E-state index in [-0.39, 0.29) is 18.1 Å². The largest absolute Gasteiger partial charge is 0.465 e. The molecule has 3 aromatic rings. The molecule has 12 nitrogen and oxygen atoms in total. The molecule has 198 valence electrons. The van der Waals surface area contributed by atoms with Gasteiger partial charge in [-0.05, 0) is 25.5 Å². The second kappa shape index (κ2) is 11.8. The van der Waals surface area contributed by atoms with Gasteiger partial charge in [0.1, 0.15) is 23.6 Å². The highest BCUT2D eigenvalue weighted by Crippen LogP contribution is 2.45. The van der Waals surface area contributed by atoms with Crippen LogP contribution in [-0.4, -0.2) is 50.8 Å². The van der Waals surface area contributed by atoms with Gasteiger partial charge in [-0.2, -0.15) is 0 Å². The molecule has 3 heterocycles. The number of nitrogens with one attached hydrogen (secondary N) is 1. The normalized spacial score (nSPS) is 19.8. The third-order valence-electron chi connectivity index (χ3n) is 5.32. The molecule has 0 amide bonds. The van der Waals surface area contributed by atoms with Gasteiger partial charge in [0.25, 0.3) is 0 Å². The average molecular weight is 534 g/mol. The Labute approximate surface area is 212 Å². The molecule has 37 heavy (non-hydrogen) atoms. The van der Waals surface area contributed by atoms with E-state index in [1.807, 2.05) is 6.92 Å². The number of rotatable bonds is 12.